The number of hydrogen-bond donors (Lipinski definition) is 1. The van der Waals surface area contributed by atoms with Gasteiger partial charge in [0.15, 0.2) is 0 Å². The van der Waals surface area contributed by atoms with Crippen LogP contribution >= 0.6 is 15.9 Å². The molecule has 180 valence electrons. The van der Waals surface area contributed by atoms with E-state index in [0.29, 0.717) is 48.2 Å². The number of hydrogen-bond acceptors (Lipinski definition) is 6. The Hall–Kier alpha value is -3.53. The van der Waals surface area contributed by atoms with Gasteiger partial charge in [0.05, 0.1) is 29.1 Å². The second-order valence-corrected chi connectivity index (χ2v) is 9.20. The molecule has 3 heterocycles. The molecule has 1 aromatic carbocycles. The number of nitrogens with zero attached hydrogens (tertiary/aromatic N) is 3. The third-order valence-electron chi connectivity index (χ3n) is 6.76. The topological polar surface area (TPSA) is 113 Å². The van der Waals surface area contributed by atoms with E-state index in [1.54, 1.807) is 36.4 Å². The number of alkyl halides is 1. The zero-order chi connectivity index (χ0) is 24.7. The molecule has 1 saturated carbocycles. The fraction of sp³-hybridized carbons (Fsp3) is 0.320. The first-order valence-electron chi connectivity index (χ1n) is 11.4. The van der Waals surface area contributed by atoms with Crippen LogP contribution in [-0.4, -0.2) is 57.1 Å². The number of anilines is 1. The van der Waals surface area contributed by atoms with Gasteiger partial charge in [0.25, 0.3) is 11.8 Å². The van der Waals surface area contributed by atoms with Crippen LogP contribution < -0.4 is 15.1 Å². The molecule has 0 bridgehead atoms. The number of ether oxygens (including phenoxy) is 1. The molecule has 1 aliphatic carbocycles. The molecule has 3 aromatic rings. The summed E-state index contributed by atoms with van der Waals surface area (Å²) in [7, 11) is 1.47. The highest BCUT2D eigenvalue weighted by atomic mass is 79.9. The molecule has 2 aliphatic rings. The van der Waals surface area contributed by atoms with Crippen molar-refractivity contribution in [2.24, 2.45) is 0 Å². The van der Waals surface area contributed by atoms with Crippen LogP contribution in [0.5, 0.6) is 5.88 Å². The number of aromatic nitrogens is 2. The summed E-state index contributed by atoms with van der Waals surface area (Å²) in [5.41, 5.74) is 1.44. The van der Waals surface area contributed by atoms with Crippen LogP contribution in [0.1, 0.15) is 46.4 Å². The average Bonchev–Trinajstić information content (AvgIpc) is 3.15. The third kappa shape index (κ3) is 3.91. The summed E-state index contributed by atoms with van der Waals surface area (Å²) in [6, 6.07) is 9.70. The highest BCUT2D eigenvalue weighted by Gasteiger charge is 2.42. The predicted molar refractivity (Wildman–Crippen MR) is 133 cm³/mol. The smallest absolute Gasteiger partial charge is 0.261 e. The molecule has 0 saturated heterocycles. The minimum absolute atomic E-state index is 0.0500. The number of imide groups is 1. The minimum atomic E-state index is -0.366. The summed E-state index contributed by atoms with van der Waals surface area (Å²) in [6.07, 6.45) is 3.70. The summed E-state index contributed by atoms with van der Waals surface area (Å²) in [6.45, 7) is 0. The van der Waals surface area contributed by atoms with Gasteiger partial charge in [-0.15, -0.1) is 0 Å². The van der Waals surface area contributed by atoms with Crippen LogP contribution in [0.3, 0.4) is 0 Å². The maximum Gasteiger partial charge on any atom is 0.261 e. The quantitative estimate of drug-likeness (QED) is 0.394. The van der Waals surface area contributed by atoms with Gasteiger partial charge < -0.3 is 14.6 Å². The van der Waals surface area contributed by atoms with E-state index in [-0.39, 0.29) is 51.8 Å². The second kappa shape index (κ2) is 9.26. The van der Waals surface area contributed by atoms with Crippen molar-refractivity contribution in [3.63, 3.8) is 0 Å². The molecule has 2 aromatic heterocycles. The van der Waals surface area contributed by atoms with Crippen LogP contribution in [-0.2, 0) is 4.79 Å². The lowest BCUT2D eigenvalue weighted by molar-refractivity contribution is -0.116. The summed E-state index contributed by atoms with van der Waals surface area (Å²) < 4.78 is 5.15. The number of aromatic amines is 1. The number of carbonyl (C=O) groups excluding carboxylic acids is 3. The van der Waals surface area contributed by atoms with E-state index in [2.05, 4.69) is 25.9 Å². The van der Waals surface area contributed by atoms with Crippen LogP contribution in [0.15, 0.2) is 47.4 Å². The molecule has 35 heavy (non-hydrogen) atoms. The van der Waals surface area contributed by atoms with E-state index in [4.69, 9.17) is 4.74 Å². The lowest BCUT2D eigenvalue weighted by Gasteiger charge is -2.38. The van der Waals surface area contributed by atoms with Gasteiger partial charge in [-0.1, -0.05) is 28.1 Å². The van der Waals surface area contributed by atoms with Crippen LogP contribution in [0, 0.1) is 0 Å². The number of pyridine rings is 2. The maximum atomic E-state index is 13.3. The molecule has 9 nitrogen and oxygen atoms in total. The first-order chi connectivity index (χ1) is 16.9. The summed E-state index contributed by atoms with van der Waals surface area (Å²) in [5, 5.41) is 0.0500. The Bertz CT molecular complexity index is 1360. The number of H-pyrrole nitrogens is 1. The van der Waals surface area contributed by atoms with Crippen molar-refractivity contribution in [3.05, 3.63) is 63.9 Å². The summed E-state index contributed by atoms with van der Waals surface area (Å²) in [5.74, 6) is -0.483. The molecule has 0 unspecified atom stereocenters. The lowest BCUT2D eigenvalue weighted by atomic mass is 9.88. The highest BCUT2D eigenvalue weighted by Crippen LogP contribution is 2.34. The monoisotopic (exact) mass is 538 g/mol. The van der Waals surface area contributed by atoms with E-state index in [9.17, 15) is 19.2 Å². The Morgan fingerprint density at radius 2 is 1.74 bits per heavy atom. The van der Waals surface area contributed by atoms with E-state index in [0.717, 1.165) is 0 Å². The van der Waals surface area contributed by atoms with E-state index in [1.165, 1.54) is 23.1 Å². The SMILES string of the molecule is COc1ccc2[nH]cc(N(C(=O)CBr)C3CCC(N4C(=O)c5ccccc5C4=O)CC3)c(=O)c2n1. The molecular formula is C25H23BrN4O5. The Balaban J connectivity index is 1.41. The van der Waals surface area contributed by atoms with Crippen molar-refractivity contribution >= 4 is 50.4 Å². The van der Waals surface area contributed by atoms with Gasteiger partial charge in [-0.05, 0) is 43.9 Å². The van der Waals surface area contributed by atoms with Crippen molar-refractivity contribution in [2.45, 2.75) is 37.8 Å². The number of benzene rings is 1. The highest BCUT2D eigenvalue weighted by molar-refractivity contribution is 9.09. The van der Waals surface area contributed by atoms with Gasteiger partial charge in [-0.2, -0.15) is 0 Å². The van der Waals surface area contributed by atoms with Crippen LogP contribution in [0.2, 0.25) is 0 Å². The molecule has 10 heteroatoms. The van der Waals surface area contributed by atoms with Crippen molar-refractivity contribution in [1.82, 2.24) is 14.9 Å². The Labute approximate surface area is 209 Å². The number of halogens is 1. The number of methoxy groups -OCH3 is 1. The van der Waals surface area contributed by atoms with Crippen LogP contribution in [0.4, 0.5) is 5.69 Å². The van der Waals surface area contributed by atoms with Crippen molar-refractivity contribution < 1.29 is 19.1 Å². The number of fused-ring (bicyclic) bond motifs is 2. The number of amides is 3. The molecule has 0 spiro atoms. The van der Waals surface area contributed by atoms with Gasteiger partial charge in [-0.25, -0.2) is 4.98 Å². The Morgan fingerprint density at radius 3 is 2.34 bits per heavy atom. The van der Waals surface area contributed by atoms with E-state index in [1.807, 2.05) is 0 Å². The lowest BCUT2D eigenvalue weighted by Crippen LogP contribution is -2.49. The normalized spacial score (nSPS) is 19.7. The van der Waals surface area contributed by atoms with Gasteiger partial charge in [0, 0.05) is 24.3 Å². The first kappa shape index (κ1) is 23.2. The molecule has 0 atom stereocenters. The summed E-state index contributed by atoms with van der Waals surface area (Å²) in [4.78, 5) is 62.3. The molecule has 1 N–H and O–H groups in total. The predicted octanol–water partition coefficient (Wildman–Crippen LogP) is 3.27. The molecule has 3 amide bonds. The standard InChI is InChI=1S/C25H23BrN4O5/c1-35-20-11-10-18-22(28-20)23(32)19(13-27-18)29(21(31)12-26)14-6-8-15(9-7-14)30-24(33)16-4-2-3-5-17(16)25(30)34/h2-5,10-11,13-15H,6-9,12H2,1H3,(H,27,32). The zero-order valence-corrected chi connectivity index (χ0v) is 20.6. The summed E-state index contributed by atoms with van der Waals surface area (Å²) >= 11 is 3.24. The number of carbonyl (C=O) groups is 3. The van der Waals surface area contributed by atoms with E-state index >= 15 is 0 Å². The molecule has 1 aliphatic heterocycles. The molecule has 1 fully saturated rings. The fourth-order valence-electron chi connectivity index (χ4n) is 5.07. The number of nitrogens with one attached hydrogen (secondary N) is 1. The molecule has 5 rings (SSSR count). The van der Waals surface area contributed by atoms with Crippen molar-refractivity contribution in [3.8, 4) is 5.88 Å². The van der Waals surface area contributed by atoms with Crippen molar-refractivity contribution in [1.29, 1.82) is 0 Å². The van der Waals surface area contributed by atoms with Gasteiger partial charge in [0.2, 0.25) is 17.2 Å². The first-order valence-corrected chi connectivity index (χ1v) is 12.5. The van der Waals surface area contributed by atoms with Gasteiger partial charge in [0.1, 0.15) is 11.2 Å². The minimum Gasteiger partial charge on any atom is -0.481 e. The van der Waals surface area contributed by atoms with E-state index < -0.39 is 0 Å². The average molecular weight is 539 g/mol. The third-order valence-corrected chi connectivity index (χ3v) is 7.24. The second-order valence-electron chi connectivity index (χ2n) is 8.64. The largest absolute Gasteiger partial charge is 0.481 e. The van der Waals surface area contributed by atoms with Gasteiger partial charge >= 0.3 is 0 Å². The Kier molecular flexibility index (Phi) is 6.14. The Morgan fingerprint density at radius 1 is 1.09 bits per heavy atom. The van der Waals surface area contributed by atoms with Gasteiger partial charge in [-0.3, -0.25) is 24.1 Å². The zero-order valence-electron chi connectivity index (χ0n) is 19.0. The fourth-order valence-corrected chi connectivity index (χ4v) is 5.34. The molecule has 0 radical (unpaired) electrons. The molecular weight excluding hydrogens is 516 g/mol. The van der Waals surface area contributed by atoms with Crippen molar-refractivity contribution in [2.75, 3.05) is 17.3 Å². The number of rotatable bonds is 5. The maximum absolute atomic E-state index is 13.3. The van der Waals surface area contributed by atoms with Crippen LogP contribution in [0.25, 0.3) is 11.0 Å².